The number of aryl methyl sites for hydroxylation is 1. The van der Waals surface area contributed by atoms with Crippen molar-refractivity contribution in [1.29, 1.82) is 0 Å². The van der Waals surface area contributed by atoms with E-state index < -0.39 is 0 Å². The molecule has 2 N–H and O–H groups in total. The molecule has 0 spiro atoms. The molecule has 0 unspecified atom stereocenters. The minimum Gasteiger partial charge on any atom is -0.399 e. The van der Waals surface area contributed by atoms with E-state index in [4.69, 9.17) is 5.73 Å². The summed E-state index contributed by atoms with van der Waals surface area (Å²) < 4.78 is 0. The summed E-state index contributed by atoms with van der Waals surface area (Å²) >= 11 is 0. The maximum absolute atomic E-state index is 5.80. The molecule has 2 nitrogen and oxygen atoms in total. The Hall–Kier alpha value is -1.18. The molecule has 2 rings (SSSR count). The molecule has 1 aromatic carbocycles. The first-order valence-electron chi connectivity index (χ1n) is 6.20. The summed E-state index contributed by atoms with van der Waals surface area (Å²) in [5.74, 6) is 0.706. The van der Waals surface area contributed by atoms with Crippen LogP contribution < -0.4 is 10.6 Å². The number of hydrogen-bond acceptors (Lipinski definition) is 2. The molecule has 1 aromatic rings. The molecule has 0 atom stereocenters. The average Bonchev–Trinajstić information content (AvgIpc) is 2.97. The zero-order valence-electron chi connectivity index (χ0n) is 10.5. The van der Waals surface area contributed by atoms with Crippen LogP contribution in [-0.2, 0) is 0 Å². The largest absolute Gasteiger partial charge is 0.399 e. The van der Waals surface area contributed by atoms with Crippen LogP contribution in [0.5, 0.6) is 0 Å². The van der Waals surface area contributed by atoms with Gasteiger partial charge in [-0.25, -0.2) is 0 Å². The van der Waals surface area contributed by atoms with Crippen LogP contribution in [0.15, 0.2) is 18.2 Å². The van der Waals surface area contributed by atoms with Crippen molar-refractivity contribution in [2.75, 3.05) is 17.2 Å². The molecule has 0 aliphatic heterocycles. The first-order valence-corrected chi connectivity index (χ1v) is 6.20. The van der Waals surface area contributed by atoms with Gasteiger partial charge in [0.2, 0.25) is 0 Å². The van der Waals surface area contributed by atoms with Crippen LogP contribution in [0.1, 0.15) is 32.3 Å². The molecular formula is C14H22N2. The standard InChI is InChI=1S/C14H22N2/c1-10(2)9-16(13-5-6-13)14-7-4-12(15)8-11(14)3/h4,7-8,10,13H,5-6,9,15H2,1-3H3. The highest BCUT2D eigenvalue weighted by molar-refractivity contribution is 5.60. The Labute approximate surface area is 98.4 Å². The maximum atomic E-state index is 5.80. The van der Waals surface area contributed by atoms with Crippen molar-refractivity contribution in [3.8, 4) is 0 Å². The van der Waals surface area contributed by atoms with Crippen LogP contribution in [0.25, 0.3) is 0 Å². The van der Waals surface area contributed by atoms with Crippen LogP contribution in [-0.4, -0.2) is 12.6 Å². The molecule has 0 amide bonds. The normalized spacial score (nSPS) is 15.5. The fraction of sp³-hybridized carbons (Fsp3) is 0.571. The Bertz CT molecular complexity index is 367. The van der Waals surface area contributed by atoms with Gasteiger partial charge in [-0.15, -0.1) is 0 Å². The van der Waals surface area contributed by atoms with Crippen LogP contribution >= 0.6 is 0 Å². The number of anilines is 2. The third-order valence-electron chi connectivity index (χ3n) is 3.08. The Morgan fingerprint density at radius 3 is 2.56 bits per heavy atom. The van der Waals surface area contributed by atoms with Gasteiger partial charge in [0.1, 0.15) is 0 Å². The van der Waals surface area contributed by atoms with Crippen LogP contribution in [0.2, 0.25) is 0 Å². The van der Waals surface area contributed by atoms with Gasteiger partial charge < -0.3 is 10.6 Å². The van der Waals surface area contributed by atoms with Crippen molar-refractivity contribution in [1.82, 2.24) is 0 Å². The topological polar surface area (TPSA) is 29.3 Å². The summed E-state index contributed by atoms with van der Waals surface area (Å²) in [6, 6.07) is 7.03. The first-order chi connectivity index (χ1) is 7.58. The van der Waals surface area contributed by atoms with Crippen molar-refractivity contribution < 1.29 is 0 Å². The summed E-state index contributed by atoms with van der Waals surface area (Å²) in [6.07, 6.45) is 2.69. The monoisotopic (exact) mass is 218 g/mol. The second-order valence-corrected chi connectivity index (χ2v) is 5.32. The molecule has 1 aliphatic rings. The molecule has 0 saturated heterocycles. The van der Waals surface area contributed by atoms with Gasteiger partial charge in [-0.1, -0.05) is 13.8 Å². The number of benzene rings is 1. The third-order valence-corrected chi connectivity index (χ3v) is 3.08. The SMILES string of the molecule is Cc1cc(N)ccc1N(CC(C)C)C1CC1. The fourth-order valence-corrected chi connectivity index (χ4v) is 2.22. The van der Waals surface area contributed by atoms with Gasteiger partial charge in [0.05, 0.1) is 0 Å². The zero-order valence-corrected chi connectivity index (χ0v) is 10.5. The second-order valence-electron chi connectivity index (χ2n) is 5.32. The molecule has 1 saturated carbocycles. The Kier molecular flexibility index (Phi) is 3.08. The van der Waals surface area contributed by atoms with E-state index >= 15 is 0 Å². The molecule has 88 valence electrons. The lowest BCUT2D eigenvalue weighted by Gasteiger charge is -2.28. The summed E-state index contributed by atoms with van der Waals surface area (Å²) in [7, 11) is 0. The summed E-state index contributed by atoms with van der Waals surface area (Å²) in [5.41, 5.74) is 9.33. The molecule has 1 fully saturated rings. The van der Waals surface area contributed by atoms with Crippen molar-refractivity contribution >= 4 is 11.4 Å². The van der Waals surface area contributed by atoms with E-state index in [1.807, 2.05) is 6.07 Å². The highest BCUT2D eigenvalue weighted by atomic mass is 15.2. The lowest BCUT2D eigenvalue weighted by atomic mass is 10.1. The van der Waals surface area contributed by atoms with Crippen molar-refractivity contribution in [2.24, 2.45) is 5.92 Å². The maximum Gasteiger partial charge on any atom is 0.0400 e. The molecule has 0 heterocycles. The van der Waals surface area contributed by atoms with E-state index in [0.29, 0.717) is 5.92 Å². The average molecular weight is 218 g/mol. The van der Waals surface area contributed by atoms with Crippen LogP contribution in [0, 0.1) is 12.8 Å². The first kappa shape index (κ1) is 11.3. The van der Waals surface area contributed by atoms with E-state index in [-0.39, 0.29) is 0 Å². The minimum absolute atomic E-state index is 0.706. The lowest BCUT2D eigenvalue weighted by Crippen LogP contribution is -2.30. The van der Waals surface area contributed by atoms with Gasteiger partial charge in [0.25, 0.3) is 0 Å². The molecule has 0 aromatic heterocycles. The molecule has 0 radical (unpaired) electrons. The van der Waals surface area contributed by atoms with Gasteiger partial charge >= 0.3 is 0 Å². The Balaban J connectivity index is 2.24. The molecule has 0 bridgehead atoms. The number of hydrogen-bond donors (Lipinski definition) is 1. The number of nitrogens with two attached hydrogens (primary N) is 1. The second kappa shape index (κ2) is 4.36. The van der Waals surface area contributed by atoms with E-state index in [0.717, 1.165) is 18.3 Å². The van der Waals surface area contributed by atoms with E-state index in [1.165, 1.54) is 24.1 Å². The van der Waals surface area contributed by atoms with Crippen LogP contribution in [0.4, 0.5) is 11.4 Å². The minimum atomic E-state index is 0.706. The zero-order chi connectivity index (χ0) is 11.7. The predicted molar refractivity (Wildman–Crippen MR) is 70.8 cm³/mol. The Morgan fingerprint density at radius 2 is 2.06 bits per heavy atom. The van der Waals surface area contributed by atoms with Gasteiger partial charge in [-0.2, -0.15) is 0 Å². The summed E-state index contributed by atoms with van der Waals surface area (Å²) in [5, 5.41) is 0. The lowest BCUT2D eigenvalue weighted by molar-refractivity contribution is 0.606. The molecule has 2 heteroatoms. The predicted octanol–water partition coefficient (Wildman–Crippen LogP) is 3.20. The van der Waals surface area contributed by atoms with Crippen molar-refractivity contribution in [2.45, 2.75) is 39.7 Å². The molecular weight excluding hydrogens is 196 g/mol. The highest BCUT2D eigenvalue weighted by Gasteiger charge is 2.30. The quantitative estimate of drug-likeness (QED) is 0.786. The third kappa shape index (κ3) is 2.49. The number of rotatable bonds is 4. The van der Waals surface area contributed by atoms with E-state index in [9.17, 15) is 0 Å². The Morgan fingerprint density at radius 1 is 1.38 bits per heavy atom. The van der Waals surface area contributed by atoms with E-state index in [1.54, 1.807) is 0 Å². The molecule has 16 heavy (non-hydrogen) atoms. The smallest absolute Gasteiger partial charge is 0.0400 e. The molecule has 1 aliphatic carbocycles. The van der Waals surface area contributed by atoms with Gasteiger partial charge in [-0.05, 0) is 49.4 Å². The number of nitrogen functional groups attached to an aromatic ring is 1. The summed E-state index contributed by atoms with van der Waals surface area (Å²) in [4.78, 5) is 2.56. The van der Waals surface area contributed by atoms with Gasteiger partial charge in [0.15, 0.2) is 0 Å². The van der Waals surface area contributed by atoms with Gasteiger partial charge in [-0.3, -0.25) is 0 Å². The van der Waals surface area contributed by atoms with E-state index in [2.05, 4.69) is 37.8 Å². The van der Waals surface area contributed by atoms with Crippen molar-refractivity contribution in [3.05, 3.63) is 23.8 Å². The number of nitrogens with zero attached hydrogens (tertiary/aromatic N) is 1. The fourth-order valence-electron chi connectivity index (χ4n) is 2.22. The van der Waals surface area contributed by atoms with Crippen LogP contribution in [0.3, 0.4) is 0 Å². The summed E-state index contributed by atoms with van der Waals surface area (Å²) in [6.45, 7) is 7.86. The van der Waals surface area contributed by atoms with Crippen molar-refractivity contribution in [3.63, 3.8) is 0 Å². The highest BCUT2D eigenvalue weighted by Crippen LogP contribution is 2.34. The van der Waals surface area contributed by atoms with Gasteiger partial charge in [0, 0.05) is 24.0 Å².